The van der Waals surface area contributed by atoms with E-state index in [9.17, 15) is 4.79 Å². The summed E-state index contributed by atoms with van der Waals surface area (Å²) in [5.74, 6) is 3.63. The lowest BCUT2D eigenvalue weighted by molar-refractivity contribution is -0.123. The molecule has 0 amide bonds. The predicted molar refractivity (Wildman–Crippen MR) is 116 cm³/mol. The van der Waals surface area contributed by atoms with Gasteiger partial charge in [0.15, 0.2) is 14.1 Å². The van der Waals surface area contributed by atoms with Crippen molar-refractivity contribution in [3.05, 3.63) is 9.81 Å². The zero-order valence-electron chi connectivity index (χ0n) is 17.1. The maximum absolute atomic E-state index is 13.3. The summed E-state index contributed by atoms with van der Waals surface area (Å²) in [6, 6.07) is 0. The van der Waals surface area contributed by atoms with Crippen LogP contribution in [0, 0.1) is 17.8 Å². The quantitative estimate of drug-likeness (QED) is 0.406. The van der Waals surface area contributed by atoms with Gasteiger partial charge >= 0.3 is 0 Å². The number of carbonyl (C=O) groups is 1. The third kappa shape index (κ3) is 5.17. The van der Waals surface area contributed by atoms with Gasteiger partial charge in [-0.05, 0) is 60.7 Å². The average molecular weight is 401 g/mol. The molecule has 0 aromatic heterocycles. The molecular formula is C20H36O2S2Si. The fraction of sp³-hybridized carbons (Fsp3) is 0.850. The van der Waals surface area contributed by atoms with Crippen LogP contribution in [0.25, 0.3) is 0 Å². The molecule has 0 spiro atoms. The minimum Gasteiger partial charge on any atom is -0.417 e. The van der Waals surface area contributed by atoms with E-state index in [-0.39, 0.29) is 11.0 Å². The maximum Gasteiger partial charge on any atom is 0.191 e. The molecule has 1 saturated heterocycles. The van der Waals surface area contributed by atoms with Crippen LogP contribution in [0.2, 0.25) is 18.1 Å². The zero-order valence-corrected chi connectivity index (χ0v) is 19.7. The van der Waals surface area contributed by atoms with Crippen molar-refractivity contribution in [2.24, 2.45) is 17.8 Å². The standard InChI is InChI=1S/C20H36O2S2Si/c1-14-9-10-16(15(2)13-22-25(6,7)20(3,4)5)18(21)17(14)19-23-11-8-12-24-19/h14-16H,8-13H2,1-7H3/t14-,15-,16+/m1/s1. The molecule has 0 aromatic rings. The van der Waals surface area contributed by atoms with E-state index >= 15 is 0 Å². The summed E-state index contributed by atoms with van der Waals surface area (Å²) in [5, 5.41) is 0.223. The summed E-state index contributed by atoms with van der Waals surface area (Å²) in [4.78, 5) is 13.3. The number of thioether (sulfide) groups is 2. The van der Waals surface area contributed by atoms with Gasteiger partial charge in [0.05, 0.1) is 0 Å². The van der Waals surface area contributed by atoms with Crippen LogP contribution in [-0.2, 0) is 9.22 Å². The lowest BCUT2D eigenvalue weighted by atomic mass is 9.74. The van der Waals surface area contributed by atoms with Gasteiger partial charge in [0.2, 0.25) is 0 Å². The summed E-state index contributed by atoms with van der Waals surface area (Å²) >= 11 is 3.82. The summed E-state index contributed by atoms with van der Waals surface area (Å²) in [5.41, 5.74) is 1.14. The van der Waals surface area contributed by atoms with Crippen molar-refractivity contribution in [3.8, 4) is 0 Å². The number of Topliss-reactive ketones (excluding diaryl/α,β-unsaturated/α-hetero) is 1. The fourth-order valence-electron chi connectivity index (χ4n) is 3.25. The monoisotopic (exact) mass is 400 g/mol. The first kappa shape index (κ1) is 21.6. The van der Waals surface area contributed by atoms with Gasteiger partial charge in [-0.25, -0.2) is 0 Å². The number of allylic oxidation sites excluding steroid dienone is 1. The molecule has 0 radical (unpaired) electrons. The largest absolute Gasteiger partial charge is 0.417 e. The van der Waals surface area contributed by atoms with Crippen LogP contribution in [0.3, 0.4) is 0 Å². The molecule has 25 heavy (non-hydrogen) atoms. The Labute approximate surface area is 164 Å². The Hall–Kier alpha value is 0.287. The molecule has 0 bridgehead atoms. The molecule has 2 rings (SSSR count). The average Bonchev–Trinajstić information content (AvgIpc) is 2.53. The SMILES string of the molecule is C[C@@H]1CC[C@@H]([C@H](C)CO[Si](C)(C)C(C)(C)C)C(=O)C1=C1SCCCS1. The fourth-order valence-corrected chi connectivity index (χ4v) is 7.24. The van der Waals surface area contributed by atoms with Crippen molar-refractivity contribution in [1.29, 1.82) is 0 Å². The first-order chi connectivity index (χ1) is 11.5. The molecule has 1 aliphatic carbocycles. The van der Waals surface area contributed by atoms with Gasteiger partial charge in [0, 0.05) is 22.3 Å². The van der Waals surface area contributed by atoms with Crippen LogP contribution in [0.15, 0.2) is 9.81 Å². The number of rotatable bonds is 4. The number of hydrogen-bond acceptors (Lipinski definition) is 4. The third-order valence-electron chi connectivity index (χ3n) is 6.18. The Kier molecular flexibility index (Phi) is 7.37. The van der Waals surface area contributed by atoms with Crippen molar-refractivity contribution in [1.82, 2.24) is 0 Å². The normalized spacial score (nSPS) is 27.6. The Morgan fingerprint density at radius 2 is 1.80 bits per heavy atom. The molecule has 0 unspecified atom stereocenters. The minimum absolute atomic E-state index is 0.145. The Bertz CT molecular complexity index is 514. The lowest BCUT2D eigenvalue weighted by Crippen LogP contribution is -2.43. The zero-order chi connectivity index (χ0) is 18.8. The molecular weight excluding hydrogens is 364 g/mol. The second-order valence-electron chi connectivity index (χ2n) is 9.25. The van der Waals surface area contributed by atoms with E-state index < -0.39 is 8.32 Å². The molecule has 1 saturated carbocycles. The first-order valence-corrected chi connectivity index (χ1v) is 14.6. The summed E-state index contributed by atoms with van der Waals surface area (Å²) < 4.78 is 7.75. The number of hydrogen-bond donors (Lipinski definition) is 0. The van der Waals surface area contributed by atoms with Gasteiger partial charge in [0.1, 0.15) is 0 Å². The molecule has 1 aliphatic heterocycles. The van der Waals surface area contributed by atoms with Gasteiger partial charge in [-0.3, -0.25) is 4.79 Å². The van der Waals surface area contributed by atoms with E-state index in [1.807, 2.05) is 23.5 Å². The highest BCUT2D eigenvalue weighted by Crippen LogP contribution is 2.45. The predicted octanol–water partition coefficient (Wildman–Crippen LogP) is 6.34. The molecule has 5 heteroatoms. The van der Waals surface area contributed by atoms with Crippen molar-refractivity contribution in [2.45, 2.75) is 72.0 Å². The molecule has 3 atom stereocenters. The van der Waals surface area contributed by atoms with Gasteiger partial charge in [0.25, 0.3) is 0 Å². The van der Waals surface area contributed by atoms with E-state index in [1.54, 1.807) is 0 Å². The van der Waals surface area contributed by atoms with E-state index in [0.717, 1.165) is 25.0 Å². The van der Waals surface area contributed by atoms with Crippen LogP contribution in [-0.4, -0.2) is 32.2 Å². The van der Waals surface area contributed by atoms with E-state index in [2.05, 4.69) is 47.7 Å². The summed E-state index contributed by atoms with van der Waals surface area (Å²) in [6.07, 6.45) is 3.42. The van der Waals surface area contributed by atoms with Crippen molar-refractivity contribution >= 4 is 37.6 Å². The molecule has 0 N–H and O–H groups in total. The van der Waals surface area contributed by atoms with Gasteiger partial charge in [-0.1, -0.05) is 34.6 Å². The summed E-state index contributed by atoms with van der Waals surface area (Å²) in [6.45, 7) is 16.6. The van der Waals surface area contributed by atoms with Crippen LogP contribution < -0.4 is 0 Å². The highest BCUT2D eigenvalue weighted by Gasteiger charge is 2.40. The smallest absolute Gasteiger partial charge is 0.191 e. The molecule has 2 nitrogen and oxygen atoms in total. The lowest BCUT2D eigenvalue weighted by Gasteiger charge is -2.39. The topological polar surface area (TPSA) is 26.3 Å². The highest BCUT2D eigenvalue weighted by molar-refractivity contribution is 8.22. The minimum atomic E-state index is -1.75. The van der Waals surface area contributed by atoms with Crippen LogP contribution in [0.5, 0.6) is 0 Å². The summed E-state index contributed by atoms with van der Waals surface area (Å²) in [7, 11) is -1.75. The van der Waals surface area contributed by atoms with E-state index in [1.165, 1.54) is 22.2 Å². The molecule has 1 heterocycles. The van der Waals surface area contributed by atoms with E-state index in [4.69, 9.17) is 4.43 Å². The Morgan fingerprint density at radius 1 is 1.20 bits per heavy atom. The molecule has 0 aromatic carbocycles. The Balaban J connectivity index is 2.07. The van der Waals surface area contributed by atoms with Crippen LogP contribution >= 0.6 is 23.5 Å². The third-order valence-corrected chi connectivity index (χ3v) is 13.3. The van der Waals surface area contributed by atoms with Crippen molar-refractivity contribution < 1.29 is 9.22 Å². The second kappa shape index (κ2) is 8.53. The van der Waals surface area contributed by atoms with Crippen LogP contribution in [0.1, 0.15) is 53.9 Å². The highest BCUT2D eigenvalue weighted by atomic mass is 32.2. The number of ketones is 1. The van der Waals surface area contributed by atoms with Gasteiger partial charge < -0.3 is 4.43 Å². The Morgan fingerprint density at radius 3 is 2.36 bits per heavy atom. The molecule has 2 aliphatic rings. The van der Waals surface area contributed by atoms with Gasteiger partial charge in [-0.15, -0.1) is 23.5 Å². The maximum atomic E-state index is 13.3. The molecule has 144 valence electrons. The molecule has 2 fully saturated rings. The van der Waals surface area contributed by atoms with Crippen molar-refractivity contribution in [3.63, 3.8) is 0 Å². The van der Waals surface area contributed by atoms with Crippen LogP contribution in [0.4, 0.5) is 0 Å². The first-order valence-electron chi connectivity index (χ1n) is 9.72. The van der Waals surface area contributed by atoms with E-state index in [0.29, 0.717) is 17.6 Å². The van der Waals surface area contributed by atoms with Crippen molar-refractivity contribution in [2.75, 3.05) is 18.1 Å². The number of carbonyl (C=O) groups excluding carboxylic acids is 1. The second-order valence-corrected chi connectivity index (χ2v) is 16.5. The van der Waals surface area contributed by atoms with Gasteiger partial charge in [-0.2, -0.15) is 0 Å².